The Labute approximate surface area is 258 Å². The molecule has 2 aliphatic rings. The van der Waals surface area contributed by atoms with Crippen LogP contribution >= 0.6 is 0 Å². The third kappa shape index (κ3) is 5.29. The second kappa shape index (κ2) is 12.1. The third-order valence-corrected chi connectivity index (χ3v) is 13.8. The SMILES string of the molecule is COc1ccc([Si](C)(C)[C@H]2[C@H](CC(=O)N(CCO)Cc3ccccc3)O[C@@]3(C(=O)N(C)c4ccc([N+](=O)[O-])cc43)[C@@H]2C)cc1. The Balaban J connectivity index is 1.59. The van der Waals surface area contributed by atoms with Crippen molar-refractivity contribution < 1.29 is 29.1 Å². The number of nitro groups is 1. The molecule has 5 rings (SSSR count). The largest absolute Gasteiger partial charge is 0.497 e. The summed E-state index contributed by atoms with van der Waals surface area (Å²) in [5, 5.41) is 22.7. The van der Waals surface area contributed by atoms with Gasteiger partial charge in [0.15, 0.2) is 5.60 Å². The second-order valence-corrected chi connectivity index (χ2v) is 16.9. The van der Waals surface area contributed by atoms with Gasteiger partial charge in [0.2, 0.25) is 5.91 Å². The van der Waals surface area contributed by atoms with Crippen LogP contribution < -0.4 is 14.8 Å². The summed E-state index contributed by atoms with van der Waals surface area (Å²) in [6.07, 6.45) is -0.655. The maximum Gasteiger partial charge on any atom is 0.269 e. The molecule has 1 spiro atoms. The summed E-state index contributed by atoms with van der Waals surface area (Å²) in [4.78, 5) is 42.6. The summed E-state index contributed by atoms with van der Waals surface area (Å²) in [7, 11) is 0.757. The number of nitrogens with zero attached hydrogens (tertiary/aromatic N) is 3. The number of non-ortho nitro benzene ring substituents is 1. The van der Waals surface area contributed by atoms with E-state index in [9.17, 15) is 24.8 Å². The van der Waals surface area contributed by atoms with E-state index < -0.39 is 30.6 Å². The molecular weight excluding hydrogens is 578 g/mol. The van der Waals surface area contributed by atoms with Gasteiger partial charge in [-0.15, -0.1) is 0 Å². The summed E-state index contributed by atoms with van der Waals surface area (Å²) in [6.45, 7) is 6.69. The molecule has 0 aliphatic carbocycles. The molecule has 0 aromatic heterocycles. The summed E-state index contributed by atoms with van der Waals surface area (Å²) >= 11 is 0. The van der Waals surface area contributed by atoms with Crippen LogP contribution in [0.5, 0.6) is 5.75 Å². The molecule has 0 bridgehead atoms. The number of aliphatic hydroxyl groups is 1. The van der Waals surface area contributed by atoms with Crippen LogP contribution in [-0.4, -0.2) is 68.2 Å². The fourth-order valence-corrected chi connectivity index (χ4v) is 11.2. The van der Waals surface area contributed by atoms with Crippen LogP contribution in [0.1, 0.15) is 24.5 Å². The molecule has 0 unspecified atom stereocenters. The number of ether oxygens (including phenoxy) is 2. The number of carbonyl (C=O) groups excluding carboxylic acids is 2. The monoisotopic (exact) mass is 617 g/mol. The zero-order valence-electron chi connectivity index (χ0n) is 25.7. The van der Waals surface area contributed by atoms with Crippen LogP contribution in [0.15, 0.2) is 72.8 Å². The number of hydrogen-bond acceptors (Lipinski definition) is 7. The molecule has 0 saturated carbocycles. The van der Waals surface area contributed by atoms with E-state index in [1.807, 2.05) is 61.5 Å². The number of carbonyl (C=O) groups is 2. The lowest BCUT2D eigenvalue weighted by Gasteiger charge is -2.37. The van der Waals surface area contributed by atoms with Crippen molar-refractivity contribution in [2.45, 2.75) is 50.2 Å². The maximum absolute atomic E-state index is 14.2. The predicted octanol–water partition coefficient (Wildman–Crippen LogP) is 4.21. The van der Waals surface area contributed by atoms with Crippen molar-refractivity contribution in [3.8, 4) is 5.75 Å². The highest BCUT2D eigenvalue weighted by Crippen LogP contribution is 2.60. The van der Waals surface area contributed by atoms with Gasteiger partial charge in [-0.25, -0.2) is 0 Å². The van der Waals surface area contributed by atoms with Crippen LogP contribution in [0.4, 0.5) is 11.4 Å². The number of fused-ring (bicyclic) bond motifs is 2. The van der Waals surface area contributed by atoms with Gasteiger partial charge in [0.25, 0.3) is 11.6 Å². The number of methoxy groups -OCH3 is 1. The van der Waals surface area contributed by atoms with E-state index in [0.717, 1.165) is 16.5 Å². The van der Waals surface area contributed by atoms with Gasteiger partial charge in [0, 0.05) is 43.8 Å². The zero-order chi connectivity index (χ0) is 31.8. The fraction of sp³-hybridized carbons (Fsp3) is 0.394. The highest BCUT2D eigenvalue weighted by molar-refractivity contribution is 6.91. The van der Waals surface area contributed by atoms with E-state index in [-0.39, 0.29) is 42.6 Å². The average Bonchev–Trinajstić information content (AvgIpc) is 3.43. The van der Waals surface area contributed by atoms with Gasteiger partial charge in [-0.3, -0.25) is 19.7 Å². The quantitative estimate of drug-likeness (QED) is 0.206. The van der Waals surface area contributed by atoms with Gasteiger partial charge in [-0.2, -0.15) is 0 Å². The average molecular weight is 618 g/mol. The van der Waals surface area contributed by atoms with Gasteiger partial charge in [-0.1, -0.05) is 67.7 Å². The van der Waals surface area contributed by atoms with Crippen molar-refractivity contribution in [3.63, 3.8) is 0 Å². The Morgan fingerprint density at radius 3 is 2.43 bits per heavy atom. The summed E-state index contributed by atoms with van der Waals surface area (Å²) < 4.78 is 12.3. The molecule has 2 amide bonds. The number of benzene rings is 3. The first-order valence-corrected chi connectivity index (χ1v) is 17.9. The Morgan fingerprint density at radius 2 is 1.82 bits per heavy atom. The molecule has 3 aromatic rings. The summed E-state index contributed by atoms with van der Waals surface area (Å²) in [5.74, 6) is -0.161. The van der Waals surface area contributed by atoms with Crippen LogP contribution in [-0.2, 0) is 26.5 Å². The molecule has 1 N–H and O–H groups in total. The molecule has 10 nitrogen and oxygen atoms in total. The lowest BCUT2D eigenvalue weighted by atomic mass is 9.82. The molecule has 3 aromatic carbocycles. The molecule has 4 atom stereocenters. The molecule has 232 valence electrons. The minimum Gasteiger partial charge on any atom is -0.497 e. The van der Waals surface area contributed by atoms with Crippen molar-refractivity contribution >= 4 is 36.4 Å². The van der Waals surface area contributed by atoms with Crippen LogP contribution in [0.25, 0.3) is 0 Å². The van der Waals surface area contributed by atoms with E-state index in [0.29, 0.717) is 17.8 Å². The number of aliphatic hydroxyl groups excluding tert-OH is 1. The minimum atomic E-state index is -2.51. The summed E-state index contributed by atoms with van der Waals surface area (Å²) in [6, 6.07) is 21.9. The molecule has 2 aliphatic heterocycles. The predicted molar refractivity (Wildman–Crippen MR) is 170 cm³/mol. The first-order valence-electron chi connectivity index (χ1n) is 14.8. The van der Waals surface area contributed by atoms with Crippen molar-refractivity contribution in [3.05, 3.63) is 94.0 Å². The van der Waals surface area contributed by atoms with Gasteiger partial charge in [-0.05, 0) is 29.3 Å². The van der Waals surface area contributed by atoms with E-state index in [4.69, 9.17) is 9.47 Å². The zero-order valence-corrected chi connectivity index (χ0v) is 26.7. The number of likely N-dealkylation sites (N-methyl/N-ethyl adjacent to an activating group) is 1. The van der Waals surface area contributed by atoms with E-state index in [1.165, 1.54) is 17.0 Å². The van der Waals surface area contributed by atoms with Crippen LogP contribution in [0, 0.1) is 16.0 Å². The standard InChI is InChI=1S/C33H39N3O7Si/c1-22-31(44(4,5)26-14-12-25(42-3)13-15-26)29(20-30(38)35(17-18-37)21-23-9-7-6-8-10-23)43-33(22)27-19-24(36(40)41)11-16-28(27)34(2)32(33)39/h6-16,19,22,29,31,37H,17-18,20-21H2,1-5H3/t22-,29+,31-,33+/m1/s1. The van der Waals surface area contributed by atoms with Crippen LogP contribution in [0.2, 0.25) is 18.6 Å². The first-order chi connectivity index (χ1) is 20.9. The Hall–Kier alpha value is -4.06. The number of nitro benzene ring substituents is 1. The molecule has 1 saturated heterocycles. The molecule has 44 heavy (non-hydrogen) atoms. The molecule has 2 heterocycles. The smallest absolute Gasteiger partial charge is 0.269 e. The van der Waals surface area contributed by atoms with E-state index in [2.05, 4.69) is 13.1 Å². The maximum atomic E-state index is 14.2. The fourth-order valence-electron chi connectivity index (χ4n) is 7.24. The first kappa shape index (κ1) is 31.4. The van der Waals surface area contributed by atoms with Gasteiger partial charge < -0.3 is 24.4 Å². The van der Waals surface area contributed by atoms with E-state index in [1.54, 1.807) is 25.1 Å². The highest BCUT2D eigenvalue weighted by atomic mass is 28.3. The van der Waals surface area contributed by atoms with Gasteiger partial charge >= 0.3 is 0 Å². The number of rotatable bonds is 10. The van der Waals surface area contributed by atoms with Crippen molar-refractivity contribution in [1.29, 1.82) is 0 Å². The number of amides is 2. The third-order valence-electron chi connectivity index (χ3n) is 9.47. The topological polar surface area (TPSA) is 122 Å². The minimum absolute atomic E-state index is 0.00255. The van der Waals surface area contributed by atoms with Crippen molar-refractivity contribution in [2.75, 3.05) is 32.2 Å². The molecular formula is C33H39N3O7Si. The lowest BCUT2D eigenvalue weighted by molar-refractivity contribution is -0.385. The Morgan fingerprint density at radius 1 is 1.14 bits per heavy atom. The van der Waals surface area contributed by atoms with Gasteiger partial charge in [0.05, 0.1) is 44.9 Å². The highest BCUT2D eigenvalue weighted by Gasteiger charge is 2.66. The van der Waals surface area contributed by atoms with Crippen molar-refractivity contribution in [1.82, 2.24) is 4.90 Å². The second-order valence-electron chi connectivity index (χ2n) is 12.2. The van der Waals surface area contributed by atoms with Crippen LogP contribution in [0.3, 0.4) is 0 Å². The summed E-state index contributed by atoms with van der Waals surface area (Å²) in [5.41, 5.74) is 0.140. The number of anilines is 1. The normalized spacial score (nSPS) is 22.7. The van der Waals surface area contributed by atoms with E-state index >= 15 is 0 Å². The Kier molecular flexibility index (Phi) is 8.65. The van der Waals surface area contributed by atoms with Crippen molar-refractivity contribution in [2.24, 2.45) is 5.92 Å². The molecule has 1 fully saturated rings. The lowest BCUT2D eigenvalue weighted by Crippen LogP contribution is -2.52. The Bertz CT molecular complexity index is 1550. The van der Waals surface area contributed by atoms with Gasteiger partial charge in [0.1, 0.15) is 5.75 Å². The molecule has 0 radical (unpaired) electrons. The molecule has 11 heteroatoms. The number of hydrogen-bond donors (Lipinski definition) is 1.